The molecule has 4 aromatic carbocycles. The third-order valence-electron chi connectivity index (χ3n) is 5.19. The second-order valence-corrected chi connectivity index (χ2v) is 7.80. The molecule has 0 unspecified atom stereocenters. The summed E-state index contributed by atoms with van der Waals surface area (Å²) in [7, 11) is 0. The van der Waals surface area contributed by atoms with Crippen LogP contribution < -0.4 is 20.1 Å². The fourth-order valence-corrected chi connectivity index (χ4v) is 3.48. The van der Waals surface area contributed by atoms with Crippen LogP contribution in [0.3, 0.4) is 0 Å². The smallest absolute Gasteiger partial charge is 0.323 e. The van der Waals surface area contributed by atoms with Crippen LogP contribution in [-0.2, 0) is 12.8 Å². The van der Waals surface area contributed by atoms with E-state index in [1.54, 1.807) is 0 Å². The summed E-state index contributed by atoms with van der Waals surface area (Å²) in [5.41, 5.74) is 3.76. The molecule has 2 N–H and O–H groups in total. The average molecular weight is 453 g/mol. The van der Waals surface area contributed by atoms with Crippen molar-refractivity contribution >= 4 is 17.4 Å². The van der Waals surface area contributed by atoms with Gasteiger partial charge >= 0.3 is 6.03 Å². The highest BCUT2D eigenvalue weighted by atomic mass is 16.5. The van der Waals surface area contributed by atoms with Gasteiger partial charge in [0.05, 0.1) is 13.2 Å². The summed E-state index contributed by atoms with van der Waals surface area (Å²) < 4.78 is 11.7. The van der Waals surface area contributed by atoms with Gasteiger partial charge in [0.15, 0.2) is 0 Å². The molecule has 0 radical (unpaired) electrons. The Bertz CT molecular complexity index is 1090. The van der Waals surface area contributed by atoms with Crippen LogP contribution in [0.2, 0.25) is 0 Å². The van der Waals surface area contributed by atoms with Crippen molar-refractivity contribution in [3.63, 3.8) is 0 Å². The average Bonchev–Trinajstić information content (AvgIpc) is 2.86. The molecule has 0 saturated carbocycles. The Morgan fingerprint density at radius 1 is 0.559 bits per heavy atom. The van der Waals surface area contributed by atoms with Gasteiger partial charge in [0.2, 0.25) is 0 Å². The van der Waals surface area contributed by atoms with Crippen molar-refractivity contribution in [3.8, 4) is 11.5 Å². The molecular weight excluding hydrogens is 424 g/mol. The topological polar surface area (TPSA) is 59.6 Å². The van der Waals surface area contributed by atoms with E-state index in [4.69, 9.17) is 9.47 Å². The second-order valence-electron chi connectivity index (χ2n) is 7.80. The van der Waals surface area contributed by atoms with Gasteiger partial charge in [-0.05, 0) is 35.4 Å². The second kappa shape index (κ2) is 12.1. The fourth-order valence-electron chi connectivity index (χ4n) is 3.48. The minimum Gasteiger partial charge on any atom is -0.493 e. The number of hydrogen-bond acceptors (Lipinski definition) is 3. The summed E-state index contributed by atoms with van der Waals surface area (Å²) in [5, 5.41) is 5.70. The van der Waals surface area contributed by atoms with E-state index >= 15 is 0 Å². The van der Waals surface area contributed by atoms with Gasteiger partial charge in [0.25, 0.3) is 0 Å². The van der Waals surface area contributed by atoms with Gasteiger partial charge < -0.3 is 20.1 Å². The molecule has 172 valence electrons. The van der Waals surface area contributed by atoms with E-state index in [0.717, 1.165) is 12.8 Å². The minimum atomic E-state index is -0.331. The van der Waals surface area contributed by atoms with E-state index < -0.39 is 0 Å². The highest BCUT2D eigenvalue weighted by molar-refractivity contribution is 5.99. The first-order valence-corrected chi connectivity index (χ1v) is 11.4. The standard InChI is InChI=1S/C29H28N2O3/c32-29(30-25-13-7-15-27(21-25)33-19-17-23-9-3-1-4-10-23)31-26-14-8-16-28(22-26)34-20-18-24-11-5-2-6-12-24/h1-16,21-22H,17-20H2,(H2,30,31,32). The number of nitrogens with one attached hydrogen (secondary N) is 2. The van der Waals surface area contributed by atoms with Crippen LogP contribution in [0.5, 0.6) is 11.5 Å². The minimum absolute atomic E-state index is 0.331. The number of amides is 2. The number of carbonyl (C=O) groups is 1. The zero-order valence-electron chi connectivity index (χ0n) is 18.9. The molecule has 0 atom stereocenters. The van der Waals surface area contributed by atoms with E-state index in [2.05, 4.69) is 34.9 Å². The number of ether oxygens (including phenoxy) is 2. The molecule has 4 aromatic rings. The maximum atomic E-state index is 12.5. The molecule has 0 heterocycles. The number of anilines is 2. The first-order chi connectivity index (χ1) is 16.7. The number of urea groups is 1. The van der Waals surface area contributed by atoms with E-state index in [1.807, 2.05) is 84.9 Å². The van der Waals surface area contributed by atoms with Crippen molar-refractivity contribution in [2.45, 2.75) is 12.8 Å². The molecule has 0 aromatic heterocycles. The molecule has 0 fully saturated rings. The van der Waals surface area contributed by atoms with Crippen LogP contribution in [0.4, 0.5) is 16.2 Å². The molecule has 5 nitrogen and oxygen atoms in total. The van der Waals surface area contributed by atoms with Crippen LogP contribution >= 0.6 is 0 Å². The molecule has 4 rings (SSSR count). The molecule has 0 spiro atoms. The van der Waals surface area contributed by atoms with E-state index in [9.17, 15) is 4.79 Å². The highest BCUT2D eigenvalue weighted by Crippen LogP contribution is 2.20. The summed E-state index contributed by atoms with van der Waals surface area (Å²) in [4.78, 5) is 12.5. The summed E-state index contributed by atoms with van der Waals surface area (Å²) >= 11 is 0. The van der Waals surface area contributed by atoms with Crippen LogP contribution in [0.25, 0.3) is 0 Å². The van der Waals surface area contributed by atoms with Gasteiger partial charge in [-0.3, -0.25) is 0 Å². The zero-order valence-corrected chi connectivity index (χ0v) is 18.9. The first-order valence-electron chi connectivity index (χ1n) is 11.4. The summed E-state index contributed by atoms with van der Waals surface area (Å²) in [6, 6.07) is 34.8. The lowest BCUT2D eigenvalue weighted by molar-refractivity contribution is 0.262. The molecule has 0 aliphatic rings. The molecular formula is C29H28N2O3. The molecule has 0 aliphatic heterocycles. The van der Waals surface area contributed by atoms with Gasteiger partial charge in [-0.2, -0.15) is 0 Å². The summed E-state index contributed by atoms with van der Waals surface area (Å²) in [6.45, 7) is 1.13. The third-order valence-corrected chi connectivity index (χ3v) is 5.19. The molecule has 5 heteroatoms. The Hall–Kier alpha value is -4.25. The van der Waals surface area contributed by atoms with Crippen LogP contribution in [0.15, 0.2) is 109 Å². The van der Waals surface area contributed by atoms with Gasteiger partial charge in [0, 0.05) is 36.3 Å². The Morgan fingerprint density at radius 2 is 1.00 bits per heavy atom. The predicted molar refractivity (Wildman–Crippen MR) is 137 cm³/mol. The quantitative estimate of drug-likeness (QED) is 0.286. The molecule has 0 aliphatic carbocycles. The lowest BCUT2D eigenvalue weighted by atomic mass is 10.2. The predicted octanol–water partition coefficient (Wildman–Crippen LogP) is 6.57. The van der Waals surface area contributed by atoms with Crippen molar-refractivity contribution in [1.29, 1.82) is 0 Å². The van der Waals surface area contributed by atoms with E-state index in [1.165, 1.54) is 11.1 Å². The Balaban J connectivity index is 1.24. The number of carbonyl (C=O) groups excluding carboxylic acids is 1. The SMILES string of the molecule is O=C(Nc1cccc(OCCc2ccccc2)c1)Nc1cccc(OCCc2ccccc2)c1. The lowest BCUT2D eigenvalue weighted by Gasteiger charge is -2.11. The number of benzene rings is 4. The normalized spacial score (nSPS) is 10.4. The van der Waals surface area contributed by atoms with Crippen LogP contribution in [-0.4, -0.2) is 19.2 Å². The maximum absolute atomic E-state index is 12.5. The monoisotopic (exact) mass is 452 g/mol. The lowest BCUT2D eigenvalue weighted by Crippen LogP contribution is -2.19. The molecule has 2 amide bonds. The van der Waals surface area contributed by atoms with Crippen molar-refractivity contribution in [1.82, 2.24) is 0 Å². The van der Waals surface area contributed by atoms with E-state index in [-0.39, 0.29) is 6.03 Å². The fraction of sp³-hybridized carbons (Fsp3) is 0.138. The maximum Gasteiger partial charge on any atom is 0.323 e. The zero-order chi connectivity index (χ0) is 23.4. The number of hydrogen-bond donors (Lipinski definition) is 2. The van der Waals surface area contributed by atoms with Crippen molar-refractivity contribution in [2.75, 3.05) is 23.8 Å². The summed E-state index contributed by atoms with van der Waals surface area (Å²) in [5.74, 6) is 1.42. The molecule has 0 saturated heterocycles. The Kier molecular flexibility index (Phi) is 8.17. The number of rotatable bonds is 10. The molecule has 0 bridgehead atoms. The Morgan fingerprint density at radius 3 is 1.44 bits per heavy atom. The van der Waals surface area contributed by atoms with Gasteiger partial charge in [-0.15, -0.1) is 0 Å². The van der Waals surface area contributed by atoms with Crippen LogP contribution in [0.1, 0.15) is 11.1 Å². The largest absolute Gasteiger partial charge is 0.493 e. The van der Waals surface area contributed by atoms with E-state index in [0.29, 0.717) is 36.1 Å². The molecule has 34 heavy (non-hydrogen) atoms. The van der Waals surface area contributed by atoms with Gasteiger partial charge in [-0.1, -0.05) is 72.8 Å². The first kappa shape index (κ1) is 22.9. The third kappa shape index (κ3) is 7.41. The van der Waals surface area contributed by atoms with Gasteiger partial charge in [-0.25, -0.2) is 4.79 Å². The Labute approximate surface area is 200 Å². The van der Waals surface area contributed by atoms with Crippen LogP contribution in [0, 0.1) is 0 Å². The highest BCUT2D eigenvalue weighted by Gasteiger charge is 2.06. The van der Waals surface area contributed by atoms with Crippen molar-refractivity contribution in [3.05, 3.63) is 120 Å². The van der Waals surface area contributed by atoms with Gasteiger partial charge in [0.1, 0.15) is 11.5 Å². The van der Waals surface area contributed by atoms with Crippen molar-refractivity contribution < 1.29 is 14.3 Å². The summed E-state index contributed by atoms with van der Waals surface area (Å²) in [6.07, 6.45) is 1.64. The van der Waals surface area contributed by atoms with Crippen molar-refractivity contribution in [2.24, 2.45) is 0 Å².